The molecule has 0 radical (unpaired) electrons. The summed E-state index contributed by atoms with van der Waals surface area (Å²) in [6.45, 7) is 4.29. The van der Waals surface area contributed by atoms with Crippen molar-refractivity contribution >= 4 is 11.3 Å². The second-order valence-electron chi connectivity index (χ2n) is 7.09. The number of thiophene rings is 1. The predicted octanol–water partition coefficient (Wildman–Crippen LogP) is 4.90. The normalized spacial score (nSPS) is 20.9. The van der Waals surface area contributed by atoms with E-state index in [9.17, 15) is 0 Å². The van der Waals surface area contributed by atoms with Crippen LogP contribution in [-0.4, -0.2) is 24.0 Å². The molecule has 2 atom stereocenters. The molecule has 0 amide bonds. The highest BCUT2D eigenvalue weighted by Gasteiger charge is 2.30. The fourth-order valence-corrected chi connectivity index (χ4v) is 4.59. The minimum absolute atomic E-state index is 0.534. The largest absolute Gasteiger partial charge is 0.308 e. The van der Waals surface area contributed by atoms with Crippen molar-refractivity contribution in [3.63, 3.8) is 0 Å². The van der Waals surface area contributed by atoms with Crippen LogP contribution in [0.15, 0.2) is 78.2 Å². The fraction of sp³-hybridized carbons (Fsp3) is 0.304. The monoisotopic (exact) mass is 362 g/mol. The van der Waals surface area contributed by atoms with Crippen LogP contribution in [0.5, 0.6) is 0 Å². The fourth-order valence-electron chi connectivity index (χ4n) is 3.93. The summed E-state index contributed by atoms with van der Waals surface area (Å²) in [4.78, 5) is 4.03. The third-order valence-electron chi connectivity index (χ3n) is 5.29. The van der Waals surface area contributed by atoms with Crippen molar-refractivity contribution in [2.24, 2.45) is 0 Å². The first-order valence-electron chi connectivity index (χ1n) is 9.45. The number of nitrogens with one attached hydrogen (secondary N) is 1. The van der Waals surface area contributed by atoms with Crippen LogP contribution in [0.4, 0.5) is 0 Å². The summed E-state index contributed by atoms with van der Waals surface area (Å²) in [6, 6.07) is 26.8. The molecule has 1 aliphatic heterocycles. The number of hydrogen-bond acceptors (Lipinski definition) is 3. The summed E-state index contributed by atoms with van der Waals surface area (Å²) in [5.41, 5.74) is 2.86. The van der Waals surface area contributed by atoms with Gasteiger partial charge < -0.3 is 5.32 Å². The van der Waals surface area contributed by atoms with Gasteiger partial charge in [0.2, 0.25) is 0 Å². The third-order valence-corrected chi connectivity index (χ3v) is 6.17. The third kappa shape index (κ3) is 4.42. The molecular formula is C23H26N2S. The van der Waals surface area contributed by atoms with E-state index in [1.54, 1.807) is 0 Å². The van der Waals surface area contributed by atoms with E-state index in [0.717, 1.165) is 26.2 Å². The molecule has 3 heteroatoms. The van der Waals surface area contributed by atoms with E-state index in [1.165, 1.54) is 22.4 Å². The summed E-state index contributed by atoms with van der Waals surface area (Å²) in [7, 11) is 0. The van der Waals surface area contributed by atoms with Crippen molar-refractivity contribution in [2.45, 2.75) is 31.5 Å². The topological polar surface area (TPSA) is 15.3 Å². The Bertz CT molecular complexity index is 770. The van der Waals surface area contributed by atoms with Crippen LogP contribution in [-0.2, 0) is 13.1 Å². The molecule has 134 valence electrons. The Hall–Kier alpha value is -1.94. The lowest BCUT2D eigenvalue weighted by atomic mass is 9.85. The molecule has 0 spiro atoms. The number of benzene rings is 2. The van der Waals surface area contributed by atoms with Gasteiger partial charge in [0.15, 0.2) is 0 Å². The average molecular weight is 363 g/mol. The van der Waals surface area contributed by atoms with Crippen molar-refractivity contribution < 1.29 is 0 Å². The molecule has 1 N–H and O–H groups in total. The highest BCUT2D eigenvalue weighted by atomic mass is 32.1. The van der Waals surface area contributed by atoms with Gasteiger partial charge in [-0.15, -0.1) is 11.3 Å². The van der Waals surface area contributed by atoms with Gasteiger partial charge in [0.1, 0.15) is 0 Å². The van der Waals surface area contributed by atoms with Crippen LogP contribution in [0, 0.1) is 0 Å². The van der Waals surface area contributed by atoms with Gasteiger partial charge in [0.25, 0.3) is 0 Å². The standard InChI is InChI=1S/C23H26N2S/c1-3-8-19(9-4-1)17-25-14-13-23(24-16-21-12-7-15-26-21)22(18-25)20-10-5-2-6-11-20/h1-12,15,22-24H,13-14,16-18H2/t22-,23-/m0/s1. The maximum atomic E-state index is 3.84. The summed E-state index contributed by atoms with van der Waals surface area (Å²) >= 11 is 1.84. The minimum atomic E-state index is 0.534. The molecule has 0 unspecified atom stereocenters. The van der Waals surface area contributed by atoms with Gasteiger partial charge in [0, 0.05) is 43.0 Å². The lowest BCUT2D eigenvalue weighted by molar-refractivity contribution is 0.167. The zero-order valence-electron chi connectivity index (χ0n) is 15.1. The molecule has 3 aromatic rings. The number of hydrogen-bond donors (Lipinski definition) is 1. The number of likely N-dealkylation sites (tertiary alicyclic amines) is 1. The van der Waals surface area contributed by atoms with Crippen LogP contribution >= 0.6 is 11.3 Å². The summed E-state index contributed by atoms with van der Waals surface area (Å²) in [5, 5.41) is 6.00. The highest BCUT2D eigenvalue weighted by molar-refractivity contribution is 7.09. The Morgan fingerprint density at radius 3 is 2.42 bits per heavy atom. The van der Waals surface area contributed by atoms with E-state index in [2.05, 4.69) is 88.4 Å². The Kier molecular flexibility index (Phi) is 5.80. The molecule has 1 aliphatic rings. The van der Waals surface area contributed by atoms with E-state index < -0.39 is 0 Å². The molecule has 1 saturated heterocycles. The quantitative estimate of drug-likeness (QED) is 0.671. The van der Waals surface area contributed by atoms with Crippen LogP contribution in [0.25, 0.3) is 0 Å². The van der Waals surface area contributed by atoms with Crippen molar-refractivity contribution in [1.29, 1.82) is 0 Å². The first-order chi connectivity index (χ1) is 12.9. The van der Waals surface area contributed by atoms with Crippen LogP contribution < -0.4 is 5.32 Å². The van der Waals surface area contributed by atoms with Crippen LogP contribution in [0.2, 0.25) is 0 Å². The minimum Gasteiger partial charge on any atom is -0.308 e. The van der Waals surface area contributed by atoms with E-state index in [0.29, 0.717) is 12.0 Å². The first-order valence-corrected chi connectivity index (χ1v) is 10.3. The lowest BCUT2D eigenvalue weighted by Crippen LogP contribution is -2.47. The van der Waals surface area contributed by atoms with Gasteiger partial charge in [-0.05, 0) is 29.0 Å². The van der Waals surface area contributed by atoms with Crippen molar-refractivity contribution in [3.8, 4) is 0 Å². The van der Waals surface area contributed by atoms with Gasteiger partial charge in [0.05, 0.1) is 0 Å². The summed E-state index contributed by atoms with van der Waals surface area (Å²) < 4.78 is 0. The lowest BCUT2D eigenvalue weighted by Gasteiger charge is -2.39. The van der Waals surface area contributed by atoms with Crippen LogP contribution in [0.3, 0.4) is 0 Å². The second-order valence-corrected chi connectivity index (χ2v) is 8.13. The summed E-state index contributed by atoms with van der Waals surface area (Å²) in [5.74, 6) is 0.536. The Labute approximate surface area is 160 Å². The SMILES string of the molecule is c1ccc(CN2CC[C@H](NCc3cccs3)[C@H](c3ccccc3)C2)cc1. The maximum absolute atomic E-state index is 3.84. The van der Waals surface area contributed by atoms with E-state index in [4.69, 9.17) is 0 Å². The molecule has 1 fully saturated rings. The van der Waals surface area contributed by atoms with Gasteiger partial charge in [-0.2, -0.15) is 0 Å². The summed E-state index contributed by atoms with van der Waals surface area (Å²) in [6.07, 6.45) is 1.19. The molecular weight excluding hydrogens is 336 g/mol. The van der Waals surface area contributed by atoms with E-state index in [-0.39, 0.29) is 0 Å². The molecule has 26 heavy (non-hydrogen) atoms. The molecule has 2 aromatic carbocycles. The zero-order chi connectivity index (χ0) is 17.6. The number of rotatable bonds is 6. The second kappa shape index (κ2) is 8.63. The van der Waals surface area contributed by atoms with Crippen molar-refractivity contribution in [2.75, 3.05) is 13.1 Å². The van der Waals surface area contributed by atoms with E-state index >= 15 is 0 Å². The van der Waals surface area contributed by atoms with Crippen molar-refractivity contribution in [3.05, 3.63) is 94.2 Å². The molecule has 0 saturated carbocycles. The number of nitrogens with zero attached hydrogens (tertiary/aromatic N) is 1. The average Bonchev–Trinajstić information content (AvgIpc) is 3.22. The molecule has 2 heterocycles. The highest BCUT2D eigenvalue weighted by Crippen LogP contribution is 2.28. The Morgan fingerprint density at radius 2 is 1.69 bits per heavy atom. The predicted molar refractivity (Wildman–Crippen MR) is 110 cm³/mol. The van der Waals surface area contributed by atoms with Gasteiger partial charge in [-0.1, -0.05) is 66.7 Å². The van der Waals surface area contributed by atoms with Crippen LogP contribution in [0.1, 0.15) is 28.3 Å². The number of piperidine rings is 1. The molecule has 0 aliphatic carbocycles. The Balaban J connectivity index is 1.46. The molecule has 4 rings (SSSR count). The molecule has 0 bridgehead atoms. The first kappa shape index (κ1) is 17.5. The van der Waals surface area contributed by atoms with Crippen molar-refractivity contribution in [1.82, 2.24) is 10.2 Å². The molecule has 2 nitrogen and oxygen atoms in total. The molecule has 1 aromatic heterocycles. The Morgan fingerprint density at radius 1 is 0.923 bits per heavy atom. The maximum Gasteiger partial charge on any atom is 0.0302 e. The van der Waals surface area contributed by atoms with Gasteiger partial charge >= 0.3 is 0 Å². The van der Waals surface area contributed by atoms with E-state index in [1.807, 2.05) is 11.3 Å². The zero-order valence-corrected chi connectivity index (χ0v) is 15.9. The van der Waals surface area contributed by atoms with Gasteiger partial charge in [-0.25, -0.2) is 0 Å². The smallest absolute Gasteiger partial charge is 0.0302 e. The van der Waals surface area contributed by atoms with Gasteiger partial charge in [-0.3, -0.25) is 4.90 Å².